The van der Waals surface area contributed by atoms with Gasteiger partial charge in [0.25, 0.3) is 11.8 Å². The van der Waals surface area contributed by atoms with Gasteiger partial charge in [0.15, 0.2) is 0 Å². The maximum absolute atomic E-state index is 12.5. The monoisotopic (exact) mass is 448 g/mol. The van der Waals surface area contributed by atoms with E-state index in [-0.39, 0.29) is 0 Å². The lowest BCUT2D eigenvalue weighted by Gasteiger charge is -2.13. The minimum Gasteiger partial charge on any atom is -0.497 e. The molecule has 0 aliphatic heterocycles. The van der Waals surface area contributed by atoms with E-state index in [1.165, 1.54) is 0 Å². The second-order valence-corrected chi connectivity index (χ2v) is 7.10. The predicted octanol–water partition coefficient (Wildman–Crippen LogP) is 4.49. The predicted molar refractivity (Wildman–Crippen MR) is 112 cm³/mol. The summed E-state index contributed by atoms with van der Waals surface area (Å²) in [6.45, 7) is 2.69. The van der Waals surface area contributed by atoms with Crippen LogP contribution in [-0.2, 0) is 0 Å². The van der Waals surface area contributed by atoms with Gasteiger partial charge in [-0.1, -0.05) is 42.1 Å². The number of carbonyl (C=O) groups excluding carboxylic acids is 2. The van der Waals surface area contributed by atoms with Crippen molar-refractivity contribution in [2.24, 2.45) is 0 Å². The Morgan fingerprint density at radius 3 is 2.36 bits per heavy atom. The maximum Gasteiger partial charge on any atom is 0.273 e. The Morgan fingerprint density at radius 2 is 1.68 bits per heavy atom. The first kappa shape index (κ1) is 21.8. The summed E-state index contributed by atoms with van der Waals surface area (Å²) in [7, 11) is 1.55. The number of unbranched alkanes of at least 4 members (excludes halogenated alkanes) is 3. The summed E-state index contributed by atoms with van der Waals surface area (Å²) >= 11 is 3.36. The zero-order valence-corrected chi connectivity index (χ0v) is 17.7. The van der Waals surface area contributed by atoms with Crippen molar-refractivity contribution in [3.8, 4) is 11.5 Å². The van der Waals surface area contributed by atoms with E-state index < -0.39 is 11.8 Å². The summed E-state index contributed by atoms with van der Waals surface area (Å²) in [6.07, 6.45) is 4.33. The number of rotatable bonds is 9. The molecule has 0 bridgehead atoms. The summed E-state index contributed by atoms with van der Waals surface area (Å²) in [5, 5.41) is 0. The molecule has 2 aromatic carbocycles. The molecule has 0 heterocycles. The molecule has 0 saturated carbocycles. The SMILES string of the molecule is CCCCCCOc1ccc(Br)cc1C(=O)NNC(=O)c1ccc(OC)cc1. The number of ether oxygens (including phenoxy) is 2. The molecule has 28 heavy (non-hydrogen) atoms. The fraction of sp³-hybridized carbons (Fsp3) is 0.333. The lowest BCUT2D eigenvalue weighted by molar-refractivity contribution is 0.0844. The first-order chi connectivity index (χ1) is 13.5. The van der Waals surface area contributed by atoms with Crippen LogP contribution in [-0.4, -0.2) is 25.5 Å². The van der Waals surface area contributed by atoms with Crippen LogP contribution in [0.1, 0.15) is 53.3 Å². The van der Waals surface area contributed by atoms with Crippen molar-refractivity contribution >= 4 is 27.7 Å². The van der Waals surface area contributed by atoms with Gasteiger partial charge in [-0.3, -0.25) is 20.4 Å². The van der Waals surface area contributed by atoms with Crippen molar-refractivity contribution in [1.29, 1.82) is 0 Å². The fourth-order valence-corrected chi connectivity index (χ4v) is 2.87. The van der Waals surface area contributed by atoms with Crippen molar-refractivity contribution in [3.05, 3.63) is 58.1 Å². The van der Waals surface area contributed by atoms with Gasteiger partial charge < -0.3 is 9.47 Å². The van der Waals surface area contributed by atoms with Crippen LogP contribution < -0.4 is 20.3 Å². The van der Waals surface area contributed by atoms with E-state index in [2.05, 4.69) is 33.7 Å². The topological polar surface area (TPSA) is 76.7 Å². The number of halogens is 1. The molecule has 0 saturated heterocycles. The number of benzene rings is 2. The summed E-state index contributed by atoms with van der Waals surface area (Å²) < 4.78 is 11.6. The number of hydrogen-bond acceptors (Lipinski definition) is 4. The molecule has 2 rings (SSSR count). The van der Waals surface area contributed by atoms with Crippen molar-refractivity contribution in [2.75, 3.05) is 13.7 Å². The van der Waals surface area contributed by atoms with E-state index in [1.807, 2.05) is 6.07 Å². The van der Waals surface area contributed by atoms with Crippen molar-refractivity contribution in [3.63, 3.8) is 0 Å². The minimum atomic E-state index is -0.452. The van der Waals surface area contributed by atoms with Gasteiger partial charge in [0.1, 0.15) is 11.5 Å². The third-order valence-corrected chi connectivity index (χ3v) is 4.58. The Hall–Kier alpha value is -2.54. The summed E-state index contributed by atoms with van der Waals surface area (Å²) in [5.41, 5.74) is 5.60. The van der Waals surface area contributed by atoms with Crippen LogP contribution in [0.3, 0.4) is 0 Å². The van der Waals surface area contributed by atoms with Crippen LogP contribution in [0.25, 0.3) is 0 Å². The van der Waals surface area contributed by atoms with E-state index >= 15 is 0 Å². The highest BCUT2D eigenvalue weighted by atomic mass is 79.9. The van der Waals surface area contributed by atoms with Crippen LogP contribution >= 0.6 is 15.9 Å². The van der Waals surface area contributed by atoms with Gasteiger partial charge in [0.2, 0.25) is 0 Å². The molecule has 2 N–H and O–H groups in total. The number of methoxy groups -OCH3 is 1. The highest BCUT2D eigenvalue weighted by Gasteiger charge is 2.15. The smallest absolute Gasteiger partial charge is 0.273 e. The second kappa shape index (κ2) is 11.3. The highest BCUT2D eigenvalue weighted by Crippen LogP contribution is 2.23. The van der Waals surface area contributed by atoms with Gasteiger partial charge in [-0.25, -0.2) is 0 Å². The third kappa shape index (κ3) is 6.56. The molecule has 0 atom stereocenters. The lowest BCUT2D eigenvalue weighted by atomic mass is 10.2. The van der Waals surface area contributed by atoms with Crippen molar-refractivity contribution in [2.45, 2.75) is 32.6 Å². The highest BCUT2D eigenvalue weighted by molar-refractivity contribution is 9.10. The molecule has 0 aromatic heterocycles. The molecule has 0 spiro atoms. The first-order valence-electron chi connectivity index (χ1n) is 9.22. The number of nitrogens with one attached hydrogen (secondary N) is 2. The van der Waals surface area contributed by atoms with Gasteiger partial charge in [0.05, 0.1) is 19.3 Å². The van der Waals surface area contributed by atoms with E-state index in [9.17, 15) is 9.59 Å². The Morgan fingerprint density at radius 1 is 0.964 bits per heavy atom. The largest absolute Gasteiger partial charge is 0.497 e. The van der Waals surface area contributed by atoms with E-state index in [0.29, 0.717) is 29.2 Å². The molecule has 2 aromatic rings. The molecule has 6 nitrogen and oxygen atoms in total. The normalized spacial score (nSPS) is 10.2. The average Bonchev–Trinajstić information content (AvgIpc) is 2.72. The van der Waals surface area contributed by atoms with E-state index in [1.54, 1.807) is 43.5 Å². The molecule has 2 amide bonds. The van der Waals surface area contributed by atoms with Gasteiger partial charge in [0, 0.05) is 10.0 Å². The van der Waals surface area contributed by atoms with Crippen LogP contribution in [0.4, 0.5) is 0 Å². The van der Waals surface area contributed by atoms with Crippen LogP contribution in [0.2, 0.25) is 0 Å². The molecule has 7 heteroatoms. The zero-order chi connectivity index (χ0) is 20.4. The van der Waals surface area contributed by atoms with E-state index in [4.69, 9.17) is 9.47 Å². The molecule has 0 aliphatic carbocycles. The standard InChI is InChI=1S/C21H25BrN2O4/c1-3-4-5-6-13-28-19-12-9-16(22)14-18(19)21(26)24-23-20(25)15-7-10-17(27-2)11-8-15/h7-12,14H,3-6,13H2,1-2H3,(H,23,25)(H,24,26). The maximum atomic E-state index is 12.5. The first-order valence-corrected chi connectivity index (χ1v) is 10.0. The third-order valence-electron chi connectivity index (χ3n) is 4.08. The molecule has 0 aliphatic rings. The van der Waals surface area contributed by atoms with Crippen molar-refractivity contribution < 1.29 is 19.1 Å². The number of amides is 2. The Kier molecular flexibility index (Phi) is 8.81. The van der Waals surface area contributed by atoms with Gasteiger partial charge in [-0.2, -0.15) is 0 Å². The lowest BCUT2D eigenvalue weighted by Crippen LogP contribution is -2.41. The average molecular weight is 449 g/mol. The van der Waals surface area contributed by atoms with Crippen LogP contribution in [0.5, 0.6) is 11.5 Å². The van der Waals surface area contributed by atoms with Gasteiger partial charge >= 0.3 is 0 Å². The summed E-state index contributed by atoms with van der Waals surface area (Å²) in [5.74, 6) is 0.256. The van der Waals surface area contributed by atoms with Gasteiger partial charge in [-0.05, 0) is 48.9 Å². The van der Waals surface area contributed by atoms with Crippen LogP contribution in [0.15, 0.2) is 46.9 Å². The summed E-state index contributed by atoms with van der Waals surface area (Å²) in [4.78, 5) is 24.7. The molecular formula is C21H25BrN2O4. The molecular weight excluding hydrogens is 424 g/mol. The Balaban J connectivity index is 1.96. The molecule has 0 radical (unpaired) electrons. The molecule has 150 valence electrons. The van der Waals surface area contributed by atoms with Crippen LogP contribution in [0, 0.1) is 0 Å². The molecule has 0 unspecified atom stereocenters. The van der Waals surface area contributed by atoms with Crippen molar-refractivity contribution in [1.82, 2.24) is 10.9 Å². The Labute approximate surface area is 173 Å². The molecule has 0 fully saturated rings. The quantitative estimate of drug-likeness (QED) is 0.437. The number of hydrogen-bond donors (Lipinski definition) is 2. The minimum absolute atomic E-state index is 0.347. The summed E-state index contributed by atoms with van der Waals surface area (Å²) in [6, 6.07) is 11.8. The van der Waals surface area contributed by atoms with E-state index in [0.717, 1.165) is 30.2 Å². The fourth-order valence-electron chi connectivity index (χ4n) is 2.51. The number of hydrazine groups is 1. The number of carbonyl (C=O) groups is 2. The van der Waals surface area contributed by atoms with Gasteiger partial charge in [-0.15, -0.1) is 0 Å². The second-order valence-electron chi connectivity index (χ2n) is 6.19. The Bertz CT molecular complexity index is 793. The zero-order valence-electron chi connectivity index (χ0n) is 16.1.